The Kier molecular flexibility index (Phi) is 3.08. The molecular weight excluding hydrogens is 274 g/mol. The number of rotatable bonds is 0. The zero-order valence-electron chi connectivity index (χ0n) is 13.7. The fourth-order valence-electron chi connectivity index (χ4n) is 6.53. The van der Waals surface area contributed by atoms with Crippen LogP contribution in [0.2, 0.25) is 0 Å². The molecule has 4 rings (SSSR count). The van der Waals surface area contributed by atoms with Gasteiger partial charge in [-0.3, -0.25) is 4.79 Å². The van der Waals surface area contributed by atoms with Crippen molar-refractivity contribution in [1.29, 1.82) is 0 Å². The van der Waals surface area contributed by atoms with E-state index >= 15 is 0 Å². The van der Waals surface area contributed by atoms with E-state index in [1.54, 1.807) is 0 Å². The molecule has 0 saturated heterocycles. The topological polar surface area (TPSA) is 49.7 Å². The van der Waals surface area contributed by atoms with Crippen LogP contribution in [-0.2, 0) is 4.79 Å². The molecule has 3 nitrogen and oxygen atoms in total. The highest BCUT2D eigenvalue weighted by atomic mass is 16.4. The molecule has 1 N–H and O–H groups in total. The fourth-order valence-corrected chi connectivity index (χ4v) is 6.53. The van der Waals surface area contributed by atoms with Crippen molar-refractivity contribution in [3.8, 4) is 0 Å². The molecule has 0 aliphatic heterocycles. The SMILES string of the molecule is CC12CCC3C(CCC4CC=CCC43C)C1CC(=NO)C2=O. The number of ketones is 1. The highest BCUT2D eigenvalue weighted by Gasteiger charge is 2.61. The van der Waals surface area contributed by atoms with Crippen molar-refractivity contribution < 1.29 is 10.0 Å². The number of hydrogen-bond acceptors (Lipinski definition) is 3. The van der Waals surface area contributed by atoms with Crippen LogP contribution in [-0.4, -0.2) is 16.7 Å². The Labute approximate surface area is 132 Å². The number of Topliss-reactive ketones (excluding diaryl/α,β-unsaturated/α-hetero) is 1. The van der Waals surface area contributed by atoms with Crippen LogP contribution in [0.3, 0.4) is 0 Å². The summed E-state index contributed by atoms with van der Waals surface area (Å²) in [5, 5.41) is 12.5. The molecule has 0 spiro atoms. The lowest BCUT2D eigenvalue weighted by Gasteiger charge is -2.58. The maximum absolute atomic E-state index is 12.6. The van der Waals surface area contributed by atoms with E-state index in [-0.39, 0.29) is 11.2 Å². The molecule has 3 heteroatoms. The molecule has 4 aliphatic rings. The number of fused-ring (bicyclic) bond motifs is 5. The van der Waals surface area contributed by atoms with Crippen LogP contribution in [0.1, 0.15) is 58.8 Å². The first-order chi connectivity index (χ1) is 10.5. The Morgan fingerprint density at radius 3 is 2.77 bits per heavy atom. The molecule has 0 aromatic carbocycles. The minimum absolute atomic E-state index is 0.120. The summed E-state index contributed by atoms with van der Waals surface area (Å²) < 4.78 is 0. The Balaban J connectivity index is 1.70. The van der Waals surface area contributed by atoms with Crippen molar-refractivity contribution in [2.75, 3.05) is 0 Å². The van der Waals surface area contributed by atoms with Crippen molar-refractivity contribution in [2.45, 2.75) is 58.8 Å². The van der Waals surface area contributed by atoms with Gasteiger partial charge in [0.15, 0.2) is 5.78 Å². The number of nitrogens with zero attached hydrogens (tertiary/aromatic N) is 1. The molecule has 0 aromatic rings. The molecule has 0 amide bonds. The van der Waals surface area contributed by atoms with E-state index < -0.39 is 0 Å². The molecule has 6 unspecified atom stereocenters. The molecule has 0 aromatic heterocycles. The second-order valence-corrected chi connectivity index (χ2v) is 8.60. The fraction of sp³-hybridized carbons (Fsp3) is 0.789. The van der Waals surface area contributed by atoms with Gasteiger partial charge in [-0.25, -0.2) is 0 Å². The zero-order chi connectivity index (χ0) is 15.5. The van der Waals surface area contributed by atoms with E-state index in [9.17, 15) is 10.0 Å². The average molecular weight is 301 g/mol. The predicted octanol–water partition coefficient (Wildman–Crippen LogP) is 4.20. The van der Waals surface area contributed by atoms with Crippen molar-refractivity contribution in [2.24, 2.45) is 39.7 Å². The lowest BCUT2D eigenvalue weighted by molar-refractivity contribution is -0.133. The first kappa shape index (κ1) is 14.5. The number of allylic oxidation sites excluding steroid dienone is 2. The normalized spacial score (nSPS) is 52.3. The van der Waals surface area contributed by atoms with Crippen molar-refractivity contribution in [3.05, 3.63) is 12.2 Å². The van der Waals surface area contributed by atoms with E-state index in [2.05, 4.69) is 31.2 Å². The van der Waals surface area contributed by atoms with Gasteiger partial charge in [-0.1, -0.05) is 31.2 Å². The molecule has 22 heavy (non-hydrogen) atoms. The second-order valence-electron chi connectivity index (χ2n) is 8.60. The molecule has 0 heterocycles. The third kappa shape index (κ3) is 1.68. The molecule has 3 fully saturated rings. The molecule has 6 atom stereocenters. The summed E-state index contributed by atoms with van der Waals surface area (Å²) in [4.78, 5) is 12.6. The summed E-state index contributed by atoms with van der Waals surface area (Å²) in [6.07, 6.45) is 12.6. The average Bonchev–Trinajstić information content (AvgIpc) is 2.78. The van der Waals surface area contributed by atoms with Crippen molar-refractivity contribution in [3.63, 3.8) is 0 Å². The molecule has 0 bridgehead atoms. The molecule has 3 saturated carbocycles. The maximum Gasteiger partial charge on any atom is 0.186 e. The Hall–Kier alpha value is -1.12. The smallest absolute Gasteiger partial charge is 0.186 e. The third-order valence-electron chi connectivity index (χ3n) is 7.91. The monoisotopic (exact) mass is 301 g/mol. The van der Waals surface area contributed by atoms with Crippen molar-refractivity contribution in [1.82, 2.24) is 0 Å². The van der Waals surface area contributed by atoms with E-state index in [4.69, 9.17) is 0 Å². The van der Waals surface area contributed by atoms with Crippen LogP contribution >= 0.6 is 0 Å². The third-order valence-corrected chi connectivity index (χ3v) is 7.91. The van der Waals surface area contributed by atoms with Crippen LogP contribution in [0, 0.1) is 34.5 Å². The maximum atomic E-state index is 12.6. The van der Waals surface area contributed by atoms with Gasteiger partial charge in [0.05, 0.1) is 0 Å². The predicted molar refractivity (Wildman–Crippen MR) is 85.9 cm³/mol. The summed E-state index contributed by atoms with van der Waals surface area (Å²) in [7, 11) is 0. The Bertz CT molecular complexity index is 566. The largest absolute Gasteiger partial charge is 0.411 e. The standard InChI is InChI=1S/C19H27NO2/c1-18-9-4-3-5-12(18)6-7-13-14(18)8-10-19(2)15(13)11-16(20-22)17(19)21/h3-4,12-15,22H,5-11H2,1-2H3. The molecule has 0 radical (unpaired) electrons. The molecule has 4 aliphatic carbocycles. The number of hydrogen-bond donors (Lipinski definition) is 1. The summed E-state index contributed by atoms with van der Waals surface area (Å²) in [5.41, 5.74) is 0.585. The second kappa shape index (κ2) is 4.69. The van der Waals surface area contributed by atoms with Gasteiger partial charge < -0.3 is 5.21 Å². The van der Waals surface area contributed by atoms with E-state index in [0.29, 0.717) is 29.4 Å². The number of carbonyl (C=O) groups is 1. The summed E-state index contributed by atoms with van der Waals surface area (Å²) in [6, 6.07) is 0. The van der Waals surface area contributed by atoms with Crippen LogP contribution in [0.5, 0.6) is 0 Å². The first-order valence-corrected chi connectivity index (χ1v) is 8.91. The van der Waals surface area contributed by atoms with Crippen molar-refractivity contribution >= 4 is 11.5 Å². The van der Waals surface area contributed by atoms with Gasteiger partial charge >= 0.3 is 0 Å². The van der Waals surface area contributed by atoms with Crippen LogP contribution in [0.4, 0.5) is 0 Å². The van der Waals surface area contributed by atoms with Gasteiger partial charge in [0.1, 0.15) is 5.71 Å². The van der Waals surface area contributed by atoms with Gasteiger partial charge in [0, 0.05) is 11.8 Å². The number of carbonyl (C=O) groups excluding carboxylic acids is 1. The van der Waals surface area contributed by atoms with Gasteiger partial charge in [-0.2, -0.15) is 0 Å². The van der Waals surface area contributed by atoms with Gasteiger partial charge in [0.25, 0.3) is 0 Å². The minimum Gasteiger partial charge on any atom is -0.411 e. The Morgan fingerprint density at radius 2 is 2.00 bits per heavy atom. The summed E-state index contributed by atoms with van der Waals surface area (Å²) in [5.74, 6) is 2.71. The molecular formula is C19H27NO2. The van der Waals surface area contributed by atoms with Crippen LogP contribution in [0.15, 0.2) is 17.3 Å². The van der Waals surface area contributed by atoms with Crippen LogP contribution < -0.4 is 0 Å². The zero-order valence-corrected chi connectivity index (χ0v) is 13.7. The molecule has 120 valence electrons. The van der Waals surface area contributed by atoms with Gasteiger partial charge in [-0.05, 0) is 67.6 Å². The lowest BCUT2D eigenvalue weighted by atomic mass is 9.46. The Morgan fingerprint density at radius 1 is 1.18 bits per heavy atom. The van der Waals surface area contributed by atoms with E-state index in [1.807, 2.05) is 0 Å². The highest BCUT2D eigenvalue weighted by Crippen LogP contribution is 2.64. The minimum atomic E-state index is -0.267. The quantitative estimate of drug-likeness (QED) is 0.414. The highest BCUT2D eigenvalue weighted by molar-refractivity contribution is 6.43. The van der Waals surface area contributed by atoms with Crippen LogP contribution in [0.25, 0.3) is 0 Å². The van der Waals surface area contributed by atoms with Gasteiger partial charge in [-0.15, -0.1) is 0 Å². The summed E-state index contributed by atoms with van der Waals surface area (Å²) >= 11 is 0. The summed E-state index contributed by atoms with van der Waals surface area (Å²) in [6.45, 7) is 4.63. The first-order valence-electron chi connectivity index (χ1n) is 8.91. The lowest BCUT2D eigenvalue weighted by Crippen LogP contribution is -2.52. The van der Waals surface area contributed by atoms with E-state index in [0.717, 1.165) is 18.3 Å². The van der Waals surface area contributed by atoms with Gasteiger partial charge in [0.2, 0.25) is 0 Å². The number of oxime groups is 1. The van der Waals surface area contributed by atoms with E-state index in [1.165, 1.54) is 32.1 Å².